The molecule has 0 heterocycles. The molecule has 0 amide bonds. The molecule has 0 rings (SSSR count). The molecule has 21 heavy (non-hydrogen) atoms. The lowest BCUT2D eigenvalue weighted by Crippen LogP contribution is -2.37. The van der Waals surface area contributed by atoms with Gasteiger partial charge < -0.3 is 25.1 Å². The maximum atomic E-state index is 9.39. The Morgan fingerprint density at radius 3 is 1.86 bits per heavy atom. The van der Waals surface area contributed by atoms with Gasteiger partial charge >= 0.3 is 0 Å². The summed E-state index contributed by atoms with van der Waals surface area (Å²) in [5.74, 6) is 0.653. The van der Waals surface area contributed by atoms with E-state index in [1.165, 1.54) is 6.42 Å². The highest BCUT2D eigenvalue weighted by Gasteiger charge is 2.22. The van der Waals surface area contributed by atoms with E-state index in [1.54, 1.807) is 7.05 Å². The quantitative estimate of drug-likeness (QED) is 0.473. The van der Waals surface area contributed by atoms with E-state index in [1.807, 2.05) is 13.8 Å². The molecule has 0 aromatic heterocycles. The van der Waals surface area contributed by atoms with Crippen LogP contribution in [0.1, 0.15) is 54.4 Å². The van der Waals surface area contributed by atoms with Crippen LogP contribution in [0.15, 0.2) is 0 Å². The van der Waals surface area contributed by atoms with Crippen LogP contribution in [0.25, 0.3) is 0 Å². The minimum atomic E-state index is -0.849. The number of hydrogen-bond donors (Lipinski definition) is 3. The van der Waals surface area contributed by atoms with Crippen LogP contribution < -0.4 is 5.32 Å². The maximum absolute atomic E-state index is 9.39. The molecule has 0 bridgehead atoms. The molecule has 0 aliphatic rings. The number of likely N-dealkylation sites (N-methyl/N-ethyl adjacent to an activating group) is 1. The number of aliphatic hydroxyl groups excluding tert-OH is 2. The molecule has 0 aromatic rings. The molecule has 130 valence electrons. The topological polar surface area (TPSA) is 78.8 Å². The van der Waals surface area contributed by atoms with Crippen molar-refractivity contribution in [2.75, 3.05) is 20.2 Å². The van der Waals surface area contributed by atoms with E-state index in [-0.39, 0.29) is 18.6 Å². The van der Waals surface area contributed by atoms with Gasteiger partial charge in [-0.05, 0) is 18.9 Å². The summed E-state index contributed by atoms with van der Waals surface area (Å²) in [6.07, 6.45) is 1.62. The lowest BCUT2D eigenvalue weighted by molar-refractivity contribution is -0.161. The summed E-state index contributed by atoms with van der Waals surface area (Å²) in [5, 5.41) is 21.3. The van der Waals surface area contributed by atoms with E-state index in [4.69, 9.17) is 9.84 Å². The molecule has 0 aliphatic carbocycles. The van der Waals surface area contributed by atoms with Crippen LogP contribution in [0.3, 0.4) is 0 Å². The van der Waals surface area contributed by atoms with Crippen molar-refractivity contribution in [3.05, 3.63) is 0 Å². The fourth-order valence-corrected chi connectivity index (χ4v) is 1.19. The van der Waals surface area contributed by atoms with Crippen molar-refractivity contribution in [1.29, 1.82) is 0 Å². The van der Waals surface area contributed by atoms with E-state index in [2.05, 4.69) is 33.0 Å². The Morgan fingerprint density at radius 1 is 1.19 bits per heavy atom. The minimum absolute atomic E-state index is 0.0554. The molecular formula is C16H37NO4. The SMILES string of the molecule is CCC.CCC=O.CNCC(O)OC(CO)C(C)C(C)C. The average Bonchev–Trinajstić information content (AvgIpc) is 2.45. The molecule has 0 saturated carbocycles. The van der Waals surface area contributed by atoms with Crippen molar-refractivity contribution >= 4 is 6.29 Å². The highest BCUT2D eigenvalue weighted by Crippen LogP contribution is 2.17. The molecule has 5 heteroatoms. The van der Waals surface area contributed by atoms with Crippen LogP contribution in [0.5, 0.6) is 0 Å². The van der Waals surface area contributed by atoms with Gasteiger partial charge in [0.1, 0.15) is 6.29 Å². The van der Waals surface area contributed by atoms with Crippen molar-refractivity contribution in [3.63, 3.8) is 0 Å². The number of rotatable bonds is 8. The molecule has 0 radical (unpaired) electrons. The molecule has 3 unspecified atom stereocenters. The van der Waals surface area contributed by atoms with Crippen molar-refractivity contribution in [2.24, 2.45) is 11.8 Å². The number of hydrogen-bond acceptors (Lipinski definition) is 5. The van der Waals surface area contributed by atoms with Gasteiger partial charge in [0.25, 0.3) is 0 Å². The van der Waals surface area contributed by atoms with Crippen LogP contribution in [0.2, 0.25) is 0 Å². The predicted octanol–water partition coefficient (Wildman–Crippen LogP) is 2.21. The fraction of sp³-hybridized carbons (Fsp3) is 0.938. The Bertz CT molecular complexity index is 201. The Labute approximate surface area is 131 Å². The number of carbonyl (C=O) groups is 1. The first-order valence-electron chi connectivity index (χ1n) is 7.88. The Morgan fingerprint density at radius 2 is 1.62 bits per heavy atom. The third-order valence-corrected chi connectivity index (χ3v) is 2.70. The van der Waals surface area contributed by atoms with E-state index >= 15 is 0 Å². The van der Waals surface area contributed by atoms with Crippen molar-refractivity contribution in [2.45, 2.75) is 66.8 Å². The second-order valence-corrected chi connectivity index (χ2v) is 5.25. The van der Waals surface area contributed by atoms with E-state index < -0.39 is 6.29 Å². The van der Waals surface area contributed by atoms with Gasteiger partial charge in [-0.2, -0.15) is 0 Å². The highest BCUT2D eigenvalue weighted by molar-refractivity contribution is 5.48. The summed E-state index contributed by atoms with van der Waals surface area (Å²) >= 11 is 0. The predicted molar refractivity (Wildman–Crippen MR) is 88.2 cm³/mol. The molecule has 5 nitrogen and oxygen atoms in total. The second kappa shape index (κ2) is 19.5. The molecule has 3 atom stereocenters. The maximum Gasteiger partial charge on any atom is 0.167 e. The normalized spacial score (nSPS) is 14.2. The van der Waals surface area contributed by atoms with Crippen LogP contribution in [-0.4, -0.2) is 49.1 Å². The van der Waals surface area contributed by atoms with Gasteiger partial charge in [0.15, 0.2) is 6.29 Å². The summed E-state index contributed by atoms with van der Waals surface area (Å²) in [7, 11) is 1.74. The Balaban J connectivity index is -0.000000386. The van der Waals surface area contributed by atoms with Crippen LogP contribution >= 0.6 is 0 Å². The molecule has 0 fully saturated rings. The lowest BCUT2D eigenvalue weighted by Gasteiger charge is -2.27. The molecule has 3 N–H and O–H groups in total. The number of carbonyl (C=O) groups excluding carboxylic acids is 1. The van der Waals surface area contributed by atoms with E-state index in [0.29, 0.717) is 18.9 Å². The van der Waals surface area contributed by atoms with Gasteiger partial charge in [-0.15, -0.1) is 0 Å². The molecule has 0 saturated heterocycles. The minimum Gasteiger partial charge on any atom is -0.394 e. The third-order valence-electron chi connectivity index (χ3n) is 2.70. The van der Waals surface area contributed by atoms with Crippen molar-refractivity contribution < 1.29 is 19.7 Å². The first-order valence-corrected chi connectivity index (χ1v) is 7.88. The smallest absolute Gasteiger partial charge is 0.167 e. The van der Waals surface area contributed by atoms with Crippen LogP contribution in [-0.2, 0) is 9.53 Å². The molecule has 0 spiro atoms. The largest absolute Gasteiger partial charge is 0.394 e. The number of aldehydes is 1. The van der Waals surface area contributed by atoms with Crippen molar-refractivity contribution in [3.8, 4) is 0 Å². The van der Waals surface area contributed by atoms with E-state index in [0.717, 1.165) is 6.29 Å². The molecule has 0 aromatic carbocycles. The highest BCUT2D eigenvalue weighted by atomic mass is 16.6. The number of nitrogens with one attached hydrogen (secondary N) is 1. The zero-order chi connectivity index (χ0) is 17.3. The lowest BCUT2D eigenvalue weighted by atomic mass is 9.92. The van der Waals surface area contributed by atoms with Gasteiger partial charge in [0.05, 0.1) is 12.7 Å². The van der Waals surface area contributed by atoms with E-state index in [9.17, 15) is 9.90 Å². The summed E-state index contributed by atoms with van der Waals surface area (Å²) in [6.45, 7) is 12.5. The number of ether oxygens (including phenoxy) is 1. The monoisotopic (exact) mass is 307 g/mol. The Hall–Kier alpha value is -0.490. The van der Waals surface area contributed by atoms with Gasteiger partial charge in [-0.1, -0.05) is 48.0 Å². The first-order chi connectivity index (χ1) is 9.85. The second-order valence-electron chi connectivity index (χ2n) is 5.25. The van der Waals surface area contributed by atoms with Crippen LogP contribution in [0.4, 0.5) is 0 Å². The fourth-order valence-electron chi connectivity index (χ4n) is 1.19. The zero-order valence-electron chi connectivity index (χ0n) is 14.9. The molecule has 0 aliphatic heterocycles. The van der Waals surface area contributed by atoms with Crippen molar-refractivity contribution in [1.82, 2.24) is 5.32 Å². The van der Waals surface area contributed by atoms with Gasteiger partial charge in [0.2, 0.25) is 0 Å². The third kappa shape index (κ3) is 19.5. The first kappa shape index (κ1) is 25.5. The standard InChI is InChI=1S/C10H23NO3.C3H6O.C3H8/c1-7(2)8(3)9(6-12)14-10(13)5-11-4;1-2-3-4;1-3-2/h7-13H,5-6H2,1-4H3;3H,2H2,1H3;3H2,1-2H3. The summed E-state index contributed by atoms with van der Waals surface area (Å²) in [5.41, 5.74) is 0. The summed E-state index contributed by atoms with van der Waals surface area (Å²) < 4.78 is 5.31. The summed E-state index contributed by atoms with van der Waals surface area (Å²) in [6, 6.07) is 0. The summed E-state index contributed by atoms with van der Waals surface area (Å²) in [4.78, 5) is 9.17. The van der Waals surface area contributed by atoms with Gasteiger partial charge in [-0.25, -0.2) is 0 Å². The Kier molecular flexibility index (Phi) is 23.7. The zero-order valence-corrected chi connectivity index (χ0v) is 14.9. The number of aliphatic hydroxyl groups is 2. The van der Waals surface area contributed by atoms with Gasteiger partial charge in [-0.3, -0.25) is 0 Å². The average molecular weight is 307 g/mol. The van der Waals surface area contributed by atoms with Crippen LogP contribution in [0, 0.1) is 11.8 Å². The van der Waals surface area contributed by atoms with Gasteiger partial charge in [0, 0.05) is 13.0 Å². The molecular weight excluding hydrogens is 270 g/mol.